The van der Waals surface area contributed by atoms with Gasteiger partial charge in [0.2, 0.25) is 5.91 Å². The Hall–Kier alpha value is -0.870. The van der Waals surface area contributed by atoms with E-state index in [0.29, 0.717) is 0 Å². The molecule has 0 saturated carbocycles. The van der Waals surface area contributed by atoms with Crippen LogP contribution in [0.15, 0.2) is 17.5 Å². The summed E-state index contributed by atoms with van der Waals surface area (Å²) in [6.45, 7) is 5.35. The van der Waals surface area contributed by atoms with E-state index in [-0.39, 0.29) is 11.9 Å². The Bertz CT molecular complexity index is 300. The van der Waals surface area contributed by atoms with Crippen molar-refractivity contribution in [3.63, 3.8) is 0 Å². The van der Waals surface area contributed by atoms with Gasteiger partial charge in [-0.1, -0.05) is 6.07 Å². The highest BCUT2D eigenvalue weighted by Gasteiger charge is 2.23. The number of thiophene rings is 1. The minimum absolute atomic E-state index is 0.0327. The molecule has 0 saturated heterocycles. The van der Waals surface area contributed by atoms with Gasteiger partial charge in [-0.15, -0.1) is 11.3 Å². The van der Waals surface area contributed by atoms with Crippen molar-refractivity contribution in [2.75, 3.05) is 0 Å². The molecule has 0 aliphatic rings. The molecule has 0 aliphatic carbocycles. The summed E-state index contributed by atoms with van der Waals surface area (Å²) < 4.78 is 0. The summed E-state index contributed by atoms with van der Waals surface area (Å²) in [6.07, 6.45) is 0. The minimum atomic E-state index is -0.814. The summed E-state index contributed by atoms with van der Waals surface area (Å²) in [7, 11) is 0. The number of hydrogen-bond acceptors (Lipinski definition) is 3. The summed E-state index contributed by atoms with van der Waals surface area (Å²) in [5.41, 5.74) is 4.86. The molecule has 0 fully saturated rings. The molecule has 1 atom stereocenters. The SMILES string of the molecule is C[C@@H](NC(=O)C(C)(C)N)c1cccs1. The van der Waals surface area contributed by atoms with Crippen molar-refractivity contribution in [2.24, 2.45) is 5.73 Å². The molecule has 1 heterocycles. The van der Waals surface area contributed by atoms with Gasteiger partial charge in [0, 0.05) is 4.88 Å². The molecule has 4 heteroatoms. The predicted octanol–water partition coefficient (Wildman–Crippen LogP) is 1.66. The van der Waals surface area contributed by atoms with Crippen LogP contribution in [0.3, 0.4) is 0 Å². The van der Waals surface area contributed by atoms with Crippen LogP contribution in [0.25, 0.3) is 0 Å². The average Bonchev–Trinajstić information content (AvgIpc) is 2.53. The lowest BCUT2D eigenvalue weighted by atomic mass is 10.1. The second-order valence-corrected chi connectivity index (χ2v) is 4.91. The Morgan fingerprint density at radius 3 is 2.71 bits per heavy atom. The maximum absolute atomic E-state index is 11.5. The van der Waals surface area contributed by atoms with E-state index in [1.54, 1.807) is 25.2 Å². The molecule has 14 heavy (non-hydrogen) atoms. The van der Waals surface area contributed by atoms with Crippen LogP contribution in [0.4, 0.5) is 0 Å². The summed E-state index contributed by atoms with van der Waals surface area (Å²) in [6, 6.07) is 4.00. The molecule has 0 spiro atoms. The summed E-state index contributed by atoms with van der Waals surface area (Å²) in [4.78, 5) is 12.7. The van der Waals surface area contributed by atoms with Gasteiger partial charge in [0.15, 0.2) is 0 Å². The number of carbonyl (C=O) groups excluding carboxylic acids is 1. The van der Waals surface area contributed by atoms with Crippen LogP contribution < -0.4 is 11.1 Å². The third-order valence-electron chi connectivity index (χ3n) is 1.90. The Morgan fingerprint density at radius 1 is 1.64 bits per heavy atom. The number of amides is 1. The molecule has 1 aromatic heterocycles. The fourth-order valence-corrected chi connectivity index (χ4v) is 1.73. The first-order valence-corrected chi connectivity index (χ1v) is 5.42. The fourth-order valence-electron chi connectivity index (χ4n) is 0.991. The average molecular weight is 212 g/mol. The van der Waals surface area contributed by atoms with Gasteiger partial charge in [-0.25, -0.2) is 0 Å². The third-order valence-corrected chi connectivity index (χ3v) is 2.96. The second kappa shape index (κ2) is 4.11. The largest absolute Gasteiger partial charge is 0.347 e. The quantitative estimate of drug-likeness (QED) is 0.800. The van der Waals surface area contributed by atoms with Gasteiger partial charge in [0.05, 0.1) is 11.6 Å². The van der Waals surface area contributed by atoms with Crippen LogP contribution in [-0.4, -0.2) is 11.4 Å². The molecule has 0 unspecified atom stereocenters. The number of rotatable bonds is 3. The van der Waals surface area contributed by atoms with Crippen molar-refractivity contribution in [1.82, 2.24) is 5.32 Å². The molecule has 1 aromatic rings. The molecule has 78 valence electrons. The summed E-state index contributed by atoms with van der Waals surface area (Å²) in [5.74, 6) is -0.126. The lowest BCUT2D eigenvalue weighted by molar-refractivity contribution is -0.125. The highest BCUT2D eigenvalue weighted by Crippen LogP contribution is 2.18. The lowest BCUT2D eigenvalue weighted by Crippen LogP contribution is -2.49. The van der Waals surface area contributed by atoms with E-state index < -0.39 is 5.54 Å². The van der Waals surface area contributed by atoms with E-state index >= 15 is 0 Å². The summed E-state index contributed by atoms with van der Waals surface area (Å²) in [5, 5.41) is 4.86. The van der Waals surface area contributed by atoms with Crippen LogP contribution in [0.2, 0.25) is 0 Å². The van der Waals surface area contributed by atoms with Gasteiger partial charge in [-0.3, -0.25) is 4.79 Å². The zero-order chi connectivity index (χ0) is 10.8. The molecule has 0 radical (unpaired) electrons. The first-order valence-electron chi connectivity index (χ1n) is 4.54. The Morgan fingerprint density at radius 2 is 2.29 bits per heavy atom. The van der Waals surface area contributed by atoms with E-state index in [0.717, 1.165) is 4.88 Å². The van der Waals surface area contributed by atoms with E-state index in [2.05, 4.69) is 5.32 Å². The zero-order valence-corrected chi connectivity index (χ0v) is 9.52. The van der Waals surface area contributed by atoms with E-state index in [9.17, 15) is 4.79 Å². The number of nitrogens with one attached hydrogen (secondary N) is 1. The van der Waals surface area contributed by atoms with Crippen LogP contribution in [0.1, 0.15) is 31.7 Å². The topological polar surface area (TPSA) is 55.1 Å². The first kappa shape index (κ1) is 11.2. The van der Waals surface area contributed by atoms with E-state index in [4.69, 9.17) is 5.73 Å². The first-order chi connectivity index (χ1) is 6.41. The van der Waals surface area contributed by atoms with Gasteiger partial charge in [-0.2, -0.15) is 0 Å². The van der Waals surface area contributed by atoms with Crippen LogP contribution in [-0.2, 0) is 4.79 Å². The van der Waals surface area contributed by atoms with E-state index in [1.807, 2.05) is 24.4 Å². The lowest BCUT2D eigenvalue weighted by Gasteiger charge is -2.21. The van der Waals surface area contributed by atoms with Crippen molar-refractivity contribution >= 4 is 17.2 Å². The maximum atomic E-state index is 11.5. The third kappa shape index (κ3) is 2.82. The number of nitrogens with two attached hydrogens (primary N) is 1. The van der Waals surface area contributed by atoms with Crippen molar-refractivity contribution < 1.29 is 4.79 Å². The Balaban J connectivity index is 2.58. The molecule has 1 rings (SSSR count). The Labute approximate surface area is 88.3 Å². The van der Waals surface area contributed by atoms with Gasteiger partial charge in [0.25, 0.3) is 0 Å². The van der Waals surface area contributed by atoms with Crippen molar-refractivity contribution in [2.45, 2.75) is 32.4 Å². The van der Waals surface area contributed by atoms with Crippen LogP contribution in [0.5, 0.6) is 0 Å². The van der Waals surface area contributed by atoms with Crippen molar-refractivity contribution in [3.8, 4) is 0 Å². The monoisotopic (exact) mass is 212 g/mol. The minimum Gasteiger partial charge on any atom is -0.347 e. The molecular weight excluding hydrogens is 196 g/mol. The van der Waals surface area contributed by atoms with Crippen molar-refractivity contribution in [3.05, 3.63) is 22.4 Å². The fraction of sp³-hybridized carbons (Fsp3) is 0.500. The smallest absolute Gasteiger partial charge is 0.240 e. The van der Waals surface area contributed by atoms with Gasteiger partial charge >= 0.3 is 0 Å². The Kier molecular flexibility index (Phi) is 3.29. The zero-order valence-electron chi connectivity index (χ0n) is 8.70. The number of hydrogen-bond donors (Lipinski definition) is 2. The second-order valence-electron chi connectivity index (χ2n) is 3.93. The molecule has 0 aromatic carbocycles. The standard InChI is InChI=1S/C10H16N2OS/c1-7(8-5-4-6-14-8)12-9(13)10(2,3)11/h4-7H,11H2,1-3H3,(H,12,13)/t7-/m1/s1. The molecule has 0 aliphatic heterocycles. The normalized spacial score (nSPS) is 13.7. The molecule has 1 amide bonds. The highest BCUT2D eigenvalue weighted by atomic mass is 32.1. The molecule has 3 N–H and O–H groups in total. The van der Waals surface area contributed by atoms with Crippen molar-refractivity contribution in [1.29, 1.82) is 0 Å². The van der Waals surface area contributed by atoms with Gasteiger partial charge < -0.3 is 11.1 Å². The highest BCUT2D eigenvalue weighted by molar-refractivity contribution is 7.10. The summed E-state index contributed by atoms with van der Waals surface area (Å²) >= 11 is 1.63. The van der Waals surface area contributed by atoms with E-state index in [1.165, 1.54) is 0 Å². The molecule has 0 bridgehead atoms. The number of carbonyl (C=O) groups is 1. The van der Waals surface area contributed by atoms with Crippen LogP contribution in [0, 0.1) is 0 Å². The van der Waals surface area contributed by atoms with Gasteiger partial charge in [0.1, 0.15) is 0 Å². The molecule has 3 nitrogen and oxygen atoms in total. The van der Waals surface area contributed by atoms with Crippen LogP contribution >= 0.6 is 11.3 Å². The predicted molar refractivity (Wildman–Crippen MR) is 59.1 cm³/mol. The van der Waals surface area contributed by atoms with Gasteiger partial charge in [-0.05, 0) is 32.2 Å². The maximum Gasteiger partial charge on any atom is 0.240 e. The molecular formula is C10H16N2OS.